The minimum Gasteiger partial charge on any atom is -0.503 e. The zero-order valence-corrected chi connectivity index (χ0v) is 33.3. The molecule has 5 heterocycles. The number of nitrogens with zero attached hydrogens (tertiary/aromatic N) is 6. The van der Waals surface area contributed by atoms with Gasteiger partial charge in [-0.15, -0.1) is 0 Å². The molecule has 1 aliphatic carbocycles. The molecule has 17 heteroatoms. The van der Waals surface area contributed by atoms with Crippen molar-refractivity contribution in [1.29, 1.82) is 0 Å². The summed E-state index contributed by atoms with van der Waals surface area (Å²) in [5.41, 5.74) is 3.31. The number of anilines is 1. The highest BCUT2D eigenvalue weighted by atomic mass is 19.2. The van der Waals surface area contributed by atoms with Crippen molar-refractivity contribution in [1.82, 2.24) is 34.4 Å². The van der Waals surface area contributed by atoms with Crippen molar-refractivity contribution in [2.75, 3.05) is 50.8 Å². The van der Waals surface area contributed by atoms with Crippen molar-refractivity contribution in [2.45, 2.75) is 69.1 Å². The average Bonchev–Trinajstić information content (AvgIpc) is 3.77. The first-order chi connectivity index (χ1) is 28.9. The van der Waals surface area contributed by atoms with Crippen LogP contribution in [-0.2, 0) is 27.8 Å². The van der Waals surface area contributed by atoms with E-state index < -0.39 is 46.6 Å². The number of phenolic OH excluding ortho intramolecular Hbond substituents is 1. The van der Waals surface area contributed by atoms with Crippen molar-refractivity contribution < 1.29 is 37.4 Å². The van der Waals surface area contributed by atoms with Gasteiger partial charge in [0.2, 0.25) is 17.6 Å². The fourth-order valence-corrected chi connectivity index (χ4v) is 9.54. The van der Waals surface area contributed by atoms with Crippen molar-refractivity contribution in [3.05, 3.63) is 87.7 Å². The van der Waals surface area contributed by atoms with E-state index in [1.807, 2.05) is 22.9 Å². The number of amides is 3. The number of aryl methyl sites for hydroxylation is 2. The van der Waals surface area contributed by atoms with Crippen LogP contribution in [0.1, 0.15) is 73.0 Å². The van der Waals surface area contributed by atoms with Crippen LogP contribution in [0.25, 0.3) is 21.9 Å². The van der Waals surface area contributed by atoms with E-state index in [-0.39, 0.29) is 42.1 Å². The average molecular weight is 829 g/mol. The number of aromatic nitrogens is 4. The van der Waals surface area contributed by atoms with Gasteiger partial charge in [-0.25, -0.2) is 13.6 Å². The zero-order valence-electron chi connectivity index (χ0n) is 33.3. The van der Waals surface area contributed by atoms with E-state index in [9.17, 15) is 37.5 Å². The number of rotatable bonds is 10. The number of nitrogens with one attached hydrogen (secondary N) is 2. The molecule has 5 aromatic rings. The minimum atomic E-state index is -1.78. The Hall–Kier alpha value is -5.68. The van der Waals surface area contributed by atoms with Crippen LogP contribution in [0.4, 0.5) is 18.9 Å². The standard InChI is InChI=1S/C43H47F3N8O6/c1-50-35-17-25(6-11-33(35)54(42(50)59)34-12-13-36(55)48-41(34)58)3-2-14-51-15-16-60-43(22-51)23-52(24-43)29-10-7-27-21-53(49-32(27)18-29)28-8-4-26(5-9-28)20-47-40(57)30-19-31(44)39(56)38(46)37(30)45/h6-7,10-11,17-19,21,26,28,34,56H,2-5,8-9,12-16,20,22-24H2,1H3,(H,47,57)(H,48,55,58)/t26-,28-,34?. The van der Waals surface area contributed by atoms with Crippen LogP contribution in [0.15, 0.2) is 53.5 Å². The molecular weight excluding hydrogens is 782 g/mol. The second-order valence-electron chi connectivity index (χ2n) is 16.9. The Kier molecular flexibility index (Phi) is 10.4. The summed E-state index contributed by atoms with van der Waals surface area (Å²) in [4.78, 5) is 54.7. The largest absolute Gasteiger partial charge is 0.503 e. The summed E-state index contributed by atoms with van der Waals surface area (Å²) in [6.07, 6.45) is 7.61. The third-order valence-electron chi connectivity index (χ3n) is 12.9. The maximum absolute atomic E-state index is 14.2. The number of fused-ring (bicyclic) bond motifs is 2. The lowest BCUT2D eigenvalue weighted by Gasteiger charge is -2.54. The fraction of sp³-hybridized carbons (Fsp3) is 0.465. The summed E-state index contributed by atoms with van der Waals surface area (Å²) in [5.74, 6) is -7.76. The highest BCUT2D eigenvalue weighted by Gasteiger charge is 2.47. The molecule has 14 nitrogen and oxygen atoms in total. The summed E-state index contributed by atoms with van der Waals surface area (Å²) in [5, 5.41) is 20.2. The van der Waals surface area contributed by atoms with Crippen LogP contribution in [0, 0.1) is 23.4 Å². The molecule has 0 bridgehead atoms. The van der Waals surface area contributed by atoms with E-state index in [0.29, 0.717) is 24.6 Å². The number of imide groups is 1. The van der Waals surface area contributed by atoms with E-state index in [4.69, 9.17) is 9.84 Å². The van der Waals surface area contributed by atoms with Gasteiger partial charge in [0.15, 0.2) is 17.4 Å². The second-order valence-corrected chi connectivity index (χ2v) is 16.9. The van der Waals surface area contributed by atoms with Crippen LogP contribution in [0.2, 0.25) is 0 Å². The molecule has 1 atom stereocenters. The maximum atomic E-state index is 14.2. The smallest absolute Gasteiger partial charge is 0.329 e. The van der Waals surface area contributed by atoms with Gasteiger partial charge in [-0.1, -0.05) is 6.07 Å². The van der Waals surface area contributed by atoms with Crippen molar-refractivity contribution in [2.24, 2.45) is 13.0 Å². The van der Waals surface area contributed by atoms with Crippen LogP contribution in [-0.4, -0.2) is 98.1 Å². The number of aromatic hydroxyl groups is 1. The molecule has 4 aliphatic rings. The fourth-order valence-electron chi connectivity index (χ4n) is 9.54. The molecule has 0 radical (unpaired) electrons. The molecule has 3 aromatic carbocycles. The number of benzene rings is 3. The molecule has 3 amide bonds. The van der Waals surface area contributed by atoms with E-state index in [2.05, 4.69) is 44.8 Å². The van der Waals surface area contributed by atoms with Gasteiger partial charge in [-0.3, -0.25) is 38.4 Å². The van der Waals surface area contributed by atoms with Crippen LogP contribution < -0.4 is 21.2 Å². The monoisotopic (exact) mass is 828 g/mol. The number of phenols is 1. The number of hydrogen-bond acceptors (Lipinski definition) is 9. The number of halogens is 3. The molecule has 2 aromatic heterocycles. The molecule has 3 saturated heterocycles. The Morgan fingerprint density at radius 3 is 2.57 bits per heavy atom. The number of imidazole rings is 1. The lowest BCUT2D eigenvalue weighted by molar-refractivity contribution is -0.135. The topological polar surface area (TPSA) is 156 Å². The Balaban J connectivity index is 0.751. The molecule has 3 aliphatic heterocycles. The molecular formula is C43H47F3N8O6. The van der Waals surface area contributed by atoms with Gasteiger partial charge in [-0.2, -0.15) is 9.49 Å². The molecule has 316 valence electrons. The second kappa shape index (κ2) is 15.7. The van der Waals surface area contributed by atoms with Crippen LogP contribution >= 0.6 is 0 Å². The molecule has 9 rings (SSSR count). The molecule has 3 N–H and O–H groups in total. The van der Waals surface area contributed by atoms with E-state index in [1.54, 1.807) is 11.6 Å². The third-order valence-corrected chi connectivity index (χ3v) is 12.9. The van der Waals surface area contributed by atoms with Crippen molar-refractivity contribution >= 4 is 45.3 Å². The molecule has 4 fully saturated rings. The Morgan fingerprint density at radius 2 is 1.78 bits per heavy atom. The van der Waals surface area contributed by atoms with Gasteiger partial charge < -0.3 is 20.1 Å². The van der Waals surface area contributed by atoms with Gasteiger partial charge >= 0.3 is 5.69 Å². The quantitative estimate of drug-likeness (QED) is 0.137. The van der Waals surface area contributed by atoms with Gasteiger partial charge in [0, 0.05) is 50.4 Å². The predicted octanol–water partition coefficient (Wildman–Crippen LogP) is 4.48. The van der Waals surface area contributed by atoms with Crippen LogP contribution in [0.5, 0.6) is 5.75 Å². The Morgan fingerprint density at radius 1 is 0.983 bits per heavy atom. The van der Waals surface area contributed by atoms with E-state index in [0.717, 1.165) is 98.9 Å². The van der Waals surface area contributed by atoms with Crippen LogP contribution in [0.3, 0.4) is 0 Å². The lowest BCUT2D eigenvalue weighted by Crippen LogP contribution is -2.70. The number of carbonyl (C=O) groups is 3. The number of piperidine rings is 1. The number of morpholine rings is 1. The Bertz CT molecular complexity index is 2570. The van der Waals surface area contributed by atoms with Gasteiger partial charge in [0.05, 0.1) is 47.9 Å². The summed E-state index contributed by atoms with van der Waals surface area (Å²) in [6, 6.07) is 12.3. The molecule has 1 unspecified atom stereocenters. The van der Waals surface area contributed by atoms with E-state index >= 15 is 0 Å². The molecule has 60 heavy (non-hydrogen) atoms. The number of carbonyl (C=O) groups excluding carboxylic acids is 3. The van der Waals surface area contributed by atoms with Gasteiger partial charge in [0.25, 0.3) is 5.91 Å². The normalized spacial score (nSPS) is 22.1. The number of hydrogen-bond donors (Lipinski definition) is 3. The Labute approximate surface area is 342 Å². The van der Waals surface area contributed by atoms with E-state index in [1.165, 1.54) is 4.57 Å². The predicted molar refractivity (Wildman–Crippen MR) is 215 cm³/mol. The lowest BCUT2D eigenvalue weighted by atomic mass is 9.86. The first-order valence-corrected chi connectivity index (χ1v) is 20.6. The summed E-state index contributed by atoms with van der Waals surface area (Å²) in [6.45, 7) is 5.12. The SMILES string of the molecule is Cn1c(=O)n(C2CCC(=O)NC2=O)c2ccc(CCCN3CCOC4(C3)CN(c3ccc5cn([C@H]6CC[C@H](CNC(=O)c7cc(F)c(O)c(F)c7F)CC6)nc5c3)C4)cc21. The van der Waals surface area contributed by atoms with Gasteiger partial charge in [-0.05, 0) is 99.4 Å². The first-order valence-electron chi connectivity index (χ1n) is 20.6. The van der Waals surface area contributed by atoms with Crippen molar-refractivity contribution in [3.63, 3.8) is 0 Å². The van der Waals surface area contributed by atoms with Crippen molar-refractivity contribution in [3.8, 4) is 5.75 Å². The zero-order chi connectivity index (χ0) is 41.9. The summed E-state index contributed by atoms with van der Waals surface area (Å²) in [7, 11) is 1.71. The maximum Gasteiger partial charge on any atom is 0.329 e. The summed E-state index contributed by atoms with van der Waals surface area (Å²) >= 11 is 0. The van der Waals surface area contributed by atoms with Gasteiger partial charge in [0.1, 0.15) is 11.6 Å². The number of ether oxygens (including phenoxy) is 1. The highest BCUT2D eigenvalue weighted by molar-refractivity contribution is 6.00. The summed E-state index contributed by atoms with van der Waals surface area (Å²) < 4.78 is 53.1. The minimum absolute atomic E-state index is 0.120. The third kappa shape index (κ3) is 7.42. The first kappa shape index (κ1) is 39.8. The molecule has 1 spiro atoms. The molecule has 1 saturated carbocycles. The highest BCUT2D eigenvalue weighted by Crippen LogP contribution is 2.37.